The fraction of sp³-hybridized carbons (Fsp3) is 0.389. The number of ether oxygens (including phenoxy) is 3. The third-order valence-electron chi connectivity index (χ3n) is 8.59. The van der Waals surface area contributed by atoms with Crippen LogP contribution in [-0.2, 0) is 24.6 Å². The van der Waals surface area contributed by atoms with Gasteiger partial charge in [-0.15, -0.1) is 0 Å². The normalized spacial score (nSPS) is 20.5. The first-order chi connectivity index (χ1) is 24.4. The van der Waals surface area contributed by atoms with Gasteiger partial charge in [0.05, 0.1) is 35.0 Å². The molecule has 1 aliphatic heterocycles. The van der Waals surface area contributed by atoms with E-state index in [-0.39, 0.29) is 43.6 Å². The topological polar surface area (TPSA) is 164 Å². The molecule has 12 nitrogen and oxygen atoms in total. The second kappa shape index (κ2) is 16.4. The van der Waals surface area contributed by atoms with Gasteiger partial charge < -0.3 is 40.6 Å². The lowest BCUT2D eigenvalue weighted by Gasteiger charge is -2.43. The lowest BCUT2D eigenvalue weighted by Crippen LogP contribution is -2.54. The van der Waals surface area contributed by atoms with E-state index in [4.69, 9.17) is 42.5 Å². The predicted molar refractivity (Wildman–Crippen MR) is 190 cm³/mol. The maximum absolute atomic E-state index is 16.1. The summed E-state index contributed by atoms with van der Waals surface area (Å²) in [6, 6.07) is 10.9. The Balaban J connectivity index is 1.72. The molecule has 280 valence electrons. The van der Waals surface area contributed by atoms with Crippen molar-refractivity contribution in [3.05, 3.63) is 93.0 Å². The van der Waals surface area contributed by atoms with Crippen LogP contribution in [0.15, 0.2) is 54.6 Å². The molecule has 1 aliphatic rings. The molecular formula is C36H40Cl2F2N4O8. The Morgan fingerprint density at radius 1 is 1.04 bits per heavy atom. The number of methoxy groups -OCH3 is 1. The lowest BCUT2D eigenvalue weighted by atomic mass is 9.67. The number of carbonyl (C=O) groups excluding carboxylic acids is 3. The number of halogens is 4. The third kappa shape index (κ3) is 8.92. The van der Waals surface area contributed by atoms with Gasteiger partial charge in [0.2, 0.25) is 12.2 Å². The fourth-order valence-electron chi connectivity index (χ4n) is 6.53. The van der Waals surface area contributed by atoms with Crippen molar-refractivity contribution in [1.82, 2.24) is 16.0 Å². The highest BCUT2D eigenvalue weighted by Crippen LogP contribution is 2.51. The molecule has 0 radical (unpaired) electrons. The number of aliphatic carboxylic acids is 1. The molecule has 2 amide bonds. The van der Waals surface area contributed by atoms with Crippen LogP contribution in [-0.4, -0.2) is 68.1 Å². The van der Waals surface area contributed by atoms with Crippen molar-refractivity contribution in [3.8, 4) is 5.75 Å². The zero-order chi connectivity index (χ0) is 38.5. The van der Waals surface area contributed by atoms with Gasteiger partial charge in [-0.3, -0.25) is 9.59 Å². The number of carbonyl (C=O) groups is 4. The molecule has 4 rings (SSSR count). The number of rotatable bonds is 12. The number of amides is 2. The monoisotopic (exact) mass is 764 g/mol. The van der Waals surface area contributed by atoms with Crippen molar-refractivity contribution >= 4 is 52.8 Å². The highest BCUT2D eigenvalue weighted by molar-refractivity contribution is 6.31. The molecule has 5 atom stereocenters. The second-order valence-corrected chi connectivity index (χ2v) is 14.2. The number of esters is 1. The summed E-state index contributed by atoms with van der Waals surface area (Å²) in [6.45, 7) is 6.54. The number of nitrogens with one attached hydrogen (secondary N) is 4. The number of alkyl carbamates (subject to hydrolysis) is 1. The fourth-order valence-corrected chi connectivity index (χ4v) is 6.87. The lowest BCUT2D eigenvalue weighted by molar-refractivity contribution is -0.136. The van der Waals surface area contributed by atoms with Gasteiger partial charge in [0, 0.05) is 29.5 Å². The van der Waals surface area contributed by atoms with Crippen molar-refractivity contribution in [3.63, 3.8) is 0 Å². The van der Waals surface area contributed by atoms with E-state index in [0.29, 0.717) is 6.42 Å². The Morgan fingerprint density at radius 2 is 1.75 bits per heavy atom. The number of carboxylic acids is 1. The molecule has 0 spiro atoms. The number of anilines is 1. The summed E-state index contributed by atoms with van der Waals surface area (Å²) < 4.78 is 47.5. The number of carboxylic acid groups (broad SMARTS) is 1. The molecule has 0 bridgehead atoms. The van der Waals surface area contributed by atoms with Gasteiger partial charge in [-0.2, -0.15) is 0 Å². The van der Waals surface area contributed by atoms with Crippen LogP contribution < -0.4 is 26.0 Å². The Labute approximate surface area is 309 Å². The molecule has 16 heteroatoms. The van der Waals surface area contributed by atoms with Gasteiger partial charge >= 0.3 is 18.0 Å². The van der Waals surface area contributed by atoms with Crippen LogP contribution in [0.1, 0.15) is 61.5 Å². The number of hydrogen-bond acceptors (Lipinski definition) is 9. The Bertz CT molecular complexity index is 1840. The molecule has 3 aromatic carbocycles. The molecule has 1 saturated heterocycles. The van der Waals surface area contributed by atoms with Crippen LogP contribution in [0.3, 0.4) is 0 Å². The summed E-state index contributed by atoms with van der Waals surface area (Å²) in [6.07, 6.45) is -2.08. The third-order valence-corrected chi connectivity index (χ3v) is 9.11. The second-order valence-electron chi connectivity index (χ2n) is 13.4. The van der Waals surface area contributed by atoms with Crippen LogP contribution in [0.5, 0.6) is 5.75 Å². The van der Waals surface area contributed by atoms with Crippen molar-refractivity contribution in [2.75, 3.05) is 26.0 Å². The summed E-state index contributed by atoms with van der Waals surface area (Å²) in [7, 11) is 2.93. The Kier molecular flexibility index (Phi) is 12.7. The van der Waals surface area contributed by atoms with E-state index in [1.54, 1.807) is 13.1 Å². The zero-order valence-electron chi connectivity index (χ0n) is 29.2. The molecule has 52 heavy (non-hydrogen) atoms. The Hall–Kier alpha value is -4.50. The van der Waals surface area contributed by atoms with E-state index < -0.39 is 71.9 Å². The molecule has 3 aromatic rings. The minimum absolute atomic E-state index is 0.0354. The van der Waals surface area contributed by atoms with Gasteiger partial charge in [0.1, 0.15) is 23.9 Å². The average Bonchev–Trinajstić information content (AvgIpc) is 3.37. The summed E-state index contributed by atoms with van der Waals surface area (Å²) in [5.74, 6) is -5.28. The van der Waals surface area contributed by atoms with Crippen LogP contribution in [0.4, 0.5) is 19.3 Å². The molecule has 2 unspecified atom stereocenters. The number of hydrogen-bond donors (Lipinski definition) is 5. The van der Waals surface area contributed by atoms with Crippen molar-refractivity contribution in [2.45, 2.75) is 63.9 Å². The van der Waals surface area contributed by atoms with Crippen molar-refractivity contribution < 1.29 is 47.3 Å². The van der Waals surface area contributed by atoms with E-state index in [1.807, 2.05) is 26.1 Å². The molecule has 1 heterocycles. The summed E-state index contributed by atoms with van der Waals surface area (Å²) >= 11 is 12.4. The quantitative estimate of drug-likeness (QED) is 0.106. The predicted octanol–water partition coefficient (Wildman–Crippen LogP) is 6.21. The van der Waals surface area contributed by atoms with E-state index in [9.17, 15) is 19.2 Å². The van der Waals surface area contributed by atoms with E-state index in [2.05, 4.69) is 16.0 Å². The summed E-state index contributed by atoms with van der Waals surface area (Å²) in [4.78, 5) is 49.6. The largest absolute Gasteiger partial charge is 0.495 e. The molecule has 0 aromatic heterocycles. The minimum Gasteiger partial charge on any atom is -0.495 e. The van der Waals surface area contributed by atoms with Crippen molar-refractivity contribution in [2.24, 2.45) is 5.41 Å². The highest BCUT2D eigenvalue weighted by Gasteiger charge is 2.59. The zero-order valence-corrected chi connectivity index (χ0v) is 30.7. The molecule has 5 N–H and O–H groups in total. The molecule has 0 aliphatic carbocycles. The first-order valence-corrected chi connectivity index (χ1v) is 16.9. The number of benzene rings is 3. The summed E-state index contributed by atoms with van der Waals surface area (Å²) in [5, 5.41) is 20.1. The summed E-state index contributed by atoms with van der Waals surface area (Å²) in [5.41, 5.74) is -1.41. The molecule has 1 fully saturated rings. The first kappa shape index (κ1) is 40.3. The maximum Gasteiger partial charge on any atom is 0.410 e. The first-order valence-electron chi connectivity index (χ1n) is 16.1. The maximum atomic E-state index is 16.1. The van der Waals surface area contributed by atoms with Crippen molar-refractivity contribution in [1.29, 1.82) is 0 Å². The smallest absolute Gasteiger partial charge is 0.410 e. The molecule has 0 saturated carbocycles. The van der Waals surface area contributed by atoms with E-state index in [0.717, 1.165) is 0 Å². The van der Waals surface area contributed by atoms with Gasteiger partial charge in [0.25, 0.3) is 0 Å². The van der Waals surface area contributed by atoms with Crippen LogP contribution in [0.25, 0.3) is 0 Å². The van der Waals surface area contributed by atoms with E-state index in [1.165, 1.54) is 62.6 Å². The van der Waals surface area contributed by atoms with Crippen LogP contribution in [0, 0.1) is 17.0 Å². The van der Waals surface area contributed by atoms with Gasteiger partial charge in [-0.05, 0) is 60.8 Å². The van der Waals surface area contributed by atoms with Gasteiger partial charge in [-0.25, -0.2) is 18.4 Å². The van der Waals surface area contributed by atoms with Crippen LogP contribution >= 0.6 is 23.2 Å². The van der Waals surface area contributed by atoms with Gasteiger partial charge in [-0.1, -0.05) is 62.2 Å². The number of likely N-dealkylation sites (N-methyl/N-ethyl adjacent to an activating group) is 1. The minimum atomic E-state index is -1.41. The van der Waals surface area contributed by atoms with Crippen LogP contribution in [0.2, 0.25) is 10.0 Å². The standard InChI is InChI=1S/C36H40Cl2F2N4O8/c1-18(52-34(49)42-17-28(45)46)51-33(48)19-10-13-25(26(14-19)50-6)43-32(47)31-29(21-8-7-9-23(38)30(21)40)36(41-5,27(44-31)16-35(2,3)4)22-12-11-20(37)15-24(22)39/h7-15,18,27,29,31,41,44H,16-17H2,1-6H3,(H,42,49)(H,43,47)(H,45,46)/t18?,27?,29-,31+,36+/m0/s1. The Morgan fingerprint density at radius 3 is 2.37 bits per heavy atom. The molecular weight excluding hydrogens is 725 g/mol. The van der Waals surface area contributed by atoms with Gasteiger partial charge in [0.15, 0.2) is 0 Å². The van der Waals surface area contributed by atoms with E-state index >= 15 is 8.78 Å². The highest BCUT2D eigenvalue weighted by atomic mass is 35.5. The average molecular weight is 766 g/mol. The SMILES string of the molecule is CN[C@]1(c2ccc(Cl)cc2F)C(CC(C)(C)C)N[C@@H](C(=O)Nc2ccc(C(=O)OC(C)OC(=O)NCC(=O)O)cc2OC)[C@@H]1c1cccc(Cl)c1F.